The van der Waals surface area contributed by atoms with Crippen LogP contribution in [0.2, 0.25) is 15.1 Å². The van der Waals surface area contributed by atoms with Gasteiger partial charge in [-0.3, -0.25) is 0 Å². The lowest BCUT2D eigenvalue weighted by molar-refractivity contribution is 0.133. The third-order valence-electron chi connectivity index (χ3n) is 7.76. The van der Waals surface area contributed by atoms with E-state index in [0.29, 0.717) is 21.0 Å². The Morgan fingerprint density at radius 2 is 1.66 bits per heavy atom. The topological polar surface area (TPSA) is 55.6 Å². The fourth-order valence-electron chi connectivity index (χ4n) is 5.49. The summed E-state index contributed by atoms with van der Waals surface area (Å²) in [6.45, 7) is 13.6. The van der Waals surface area contributed by atoms with Gasteiger partial charge in [0.2, 0.25) is 0 Å². The lowest BCUT2D eigenvalue weighted by Gasteiger charge is -2.45. The molecule has 1 fully saturated rings. The molecule has 8 heteroatoms. The SMILES string of the molecule is CC(C)(C)C1CCC(Nc2cccc(Cl)c2)(c2nnnn2[C@@H](/C=C\c2ccc(Cl)cc2Cl)C(C)(C)C)CC1. The number of aromatic nitrogens is 4. The van der Waals surface area contributed by atoms with Crippen molar-refractivity contribution in [2.45, 2.75) is 78.8 Å². The van der Waals surface area contributed by atoms with Gasteiger partial charge in [-0.05, 0) is 88.8 Å². The first-order valence-corrected chi connectivity index (χ1v) is 14.4. The number of allylic oxidation sites excluding steroid dienone is 1. The molecule has 0 unspecified atom stereocenters. The summed E-state index contributed by atoms with van der Waals surface area (Å²) in [5, 5.41) is 19.2. The Morgan fingerprint density at radius 1 is 0.974 bits per heavy atom. The van der Waals surface area contributed by atoms with Gasteiger partial charge < -0.3 is 5.32 Å². The highest BCUT2D eigenvalue weighted by Gasteiger charge is 2.45. The molecule has 4 rings (SSSR count). The molecule has 0 bridgehead atoms. The Hall–Kier alpha value is -2.08. The van der Waals surface area contributed by atoms with E-state index in [2.05, 4.69) is 74.5 Å². The minimum Gasteiger partial charge on any atom is -0.373 e. The van der Waals surface area contributed by atoms with Gasteiger partial charge in [0.05, 0.1) is 11.6 Å². The molecule has 1 aliphatic carbocycles. The van der Waals surface area contributed by atoms with Gasteiger partial charge in [-0.2, -0.15) is 0 Å². The first-order valence-electron chi connectivity index (χ1n) is 13.2. The van der Waals surface area contributed by atoms with Crippen LogP contribution in [-0.4, -0.2) is 20.2 Å². The van der Waals surface area contributed by atoms with Crippen LogP contribution in [-0.2, 0) is 5.54 Å². The van der Waals surface area contributed by atoms with E-state index in [9.17, 15) is 0 Å². The van der Waals surface area contributed by atoms with Crippen molar-refractivity contribution in [3.05, 3.63) is 75.0 Å². The van der Waals surface area contributed by atoms with Gasteiger partial charge in [0, 0.05) is 20.8 Å². The zero-order valence-corrected chi connectivity index (χ0v) is 25.4. The van der Waals surface area contributed by atoms with Gasteiger partial charge >= 0.3 is 0 Å². The van der Waals surface area contributed by atoms with Crippen LogP contribution < -0.4 is 5.32 Å². The average molecular weight is 575 g/mol. The molecule has 1 N–H and O–H groups in total. The second-order valence-electron chi connectivity index (χ2n) is 12.6. The first-order chi connectivity index (χ1) is 17.8. The molecule has 0 saturated heterocycles. The van der Waals surface area contributed by atoms with Gasteiger partial charge in [0.15, 0.2) is 5.82 Å². The molecule has 2 aromatic carbocycles. The molecule has 1 heterocycles. The first kappa shape index (κ1) is 28.9. The molecule has 38 heavy (non-hydrogen) atoms. The second kappa shape index (κ2) is 11.2. The van der Waals surface area contributed by atoms with Gasteiger partial charge in [-0.1, -0.05) is 101 Å². The van der Waals surface area contributed by atoms with E-state index in [1.54, 1.807) is 6.07 Å². The van der Waals surface area contributed by atoms with E-state index in [1.807, 2.05) is 41.1 Å². The highest BCUT2D eigenvalue weighted by molar-refractivity contribution is 6.35. The normalized spacial score (nSPS) is 21.6. The molecule has 1 saturated carbocycles. The number of tetrazole rings is 1. The highest BCUT2D eigenvalue weighted by Crippen LogP contribution is 2.47. The fourth-order valence-corrected chi connectivity index (χ4v) is 6.15. The molecule has 1 aliphatic rings. The Balaban J connectivity index is 1.76. The van der Waals surface area contributed by atoms with Gasteiger partial charge in [-0.25, -0.2) is 4.68 Å². The maximum atomic E-state index is 6.48. The minimum absolute atomic E-state index is 0.113. The molecule has 204 valence electrons. The van der Waals surface area contributed by atoms with Gasteiger partial charge in [0.25, 0.3) is 0 Å². The Morgan fingerprint density at radius 3 is 2.26 bits per heavy atom. The van der Waals surface area contributed by atoms with Crippen LogP contribution in [0.4, 0.5) is 5.69 Å². The van der Waals surface area contributed by atoms with Crippen LogP contribution >= 0.6 is 34.8 Å². The fraction of sp³-hybridized carbons (Fsp3) is 0.500. The molecule has 3 aromatic rings. The summed E-state index contributed by atoms with van der Waals surface area (Å²) in [5.74, 6) is 1.48. The van der Waals surface area contributed by atoms with Crippen molar-refractivity contribution >= 4 is 46.6 Å². The molecule has 1 atom stereocenters. The molecular formula is C30H38Cl3N5. The maximum Gasteiger partial charge on any atom is 0.177 e. The monoisotopic (exact) mass is 573 g/mol. The van der Waals surface area contributed by atoms with Crippen LogP contribution in [0, 0.1) is 16.7 Å². The number of anilines is 1. The smallest absolute Gasteiger partial charge is 0.177 e. The van der Waals surface area contributed by atoms with E-state index in [4.69, 9.17) is 34.8 Å². The number of hydrogen-bond acceptors (Lipinski definition) is 4. The number of nitrogens with one attached hydrogen (secondary N) is 1. The Kier molecular flexibility index (Phi) is 8.52. The van der Waals surface area contributed by atoms with Crippen molar-refractivity contribution in [2.75, 3.05) is 5.32 Å². The summed E-state index contributed by atoms with van der Waals surface area (Å²) in [6.07, 6.45) is 8.19. The lowest BCUT2D eigenvalue weighted by atomic mass is 9.67. The zero-order chi connectivity index (χ0) is 27.7. The zero-order valence-electron chi connectivity index (χ0n) is 23.1. The molecular weight excluding hydrogens is 537 g/mol. The molecule has 1 aromatic heterocycles. The molecule has 0 spiro atoms. The number of nitrogens with zero attached hydrogens (tertiary/aromatic N) is 4. The van der Waals surface area contributed by atoms with E-state index in [0.717, 1.165) is 42.8 Å². The number of halogens is 3. The summed E-state index contributed by atoms with van der Waals surface area (Å²) in [4.78, 5) is 0. The summed E-state index contributed by atoms with van der Waals surface area (Å²) in [5.41, 5.74) is 1.53. The molecule has 0 aliphatic heterocycles. The maximum absolute atomic E-state index is 6.48. The van der Waals surface area contributed by atoms with Gasteiger partial charge in [-0.15, -0.1) is 5.10 Å². The second-order valence-corrected chi connectivity index (χ2v) is 13.9. The van der Waals surface area contributed by atoms with Crippen molar-refractivity contribution < 1.29 is 0 Å². The molecule has 5 nitrogen and oxygen atoms in total. The predicted octanol–water partition coefficient (Wildman–Crippen LogP) is 9.48. The van der Waals surface area contributed by atoms with E-state index < -0.39 is 5.54 Å². The minimum atomic E-state index is -0.425. The van der Waals surface area contributed by atoms with Crippen LogP contribution in [0.25, 0.3) is 6.08 Å². The molecule has 0 radical (unpaired) electrons. The van der Waals surface area contributed by atoms with Crippen molar-refractivity contribution in [1.82, 2.24) is 20.2 Å². The lowest BCUT2D eigenvalue weighted by Crippen LogP contribution is -2.44. The van der Waals surface area contributed by atoms with E-state index >= 15 is 0 Å². The van der Waals surface area contributed by atoms with Gasteiger partial charge in [0.1, 0.15) is 0 Å². The average Bonchev–Trinajstić information content (AvgIpc) is 3.29. The Labute approximate surface area is 241 Å². The third kappa shape index (κ3) is 6.55. The summed E-state index contributed by atoms with van der Waals surface area (Å²) < 4.78 is 2.00. The van der Waals surface area contributed by atoms with Crippen molar-refractivity contribution in [2.24, 2.45) is 16.7 Å². The summed E-state index contributed by atoms with van der Waals surface area (Å²) in [7, 11) is 0. The summed E-state index contributed by atoms with van der Waals surface area (Å²) >= 11 is 19.0. The summed E-state index contributed by atoms with van der Waals surface area (Å²) in [6, 6.07) is 13.3. The number of hydrogen-bond donors (Lipinski definition) is 1. The van der Waals surface area contributed by atoms with Crippen molar-refractivity contribution in [3.63, 3.8) is 0 Å². The number of benzene rings is 2. The largest absolute Gasteiger partial charge is 0.373 e. The Bertz CT molecular complexity index is 1280. The van der Waals surface area contributed by atoms with Crippen LogP contribution in [0.5, 0.6) is 0 Å². The highest BCUT2D eigenvalue weighted by atomic mass is 35.5. The van der Waals surface area contributed by atoms with Crippen LogP contribution in [0.1, 0.15) is 84.7 Å². The van der Waals surface area contributed by atoms with Crippen LogP contribution in [0.15, 0.2) is 48.5 Å². The quantitative estimate of drug-likeness (QED) is 0.318. The van der Waals surface area contributed by atoms with E-state index in [1.165, 1.54) is 0 Å². The standard InChI is InChI=1S/C30H38Cl3N5/c1-28(2,3)21-14-16-30(17-15-21,34-24-9-7-8-22(31)18-24)27-35-36-37-38(27)26(29(4,5)6)13-11-20-10-12-23(32)19-25(20)33/h7-13,18-19,21,26,34H,14-17H2,1-6H3/b13-11-/t21?,26-,30?/m0/s1. The van der Waals surface area contributed by atoms with Crippen molar-refractivity contribution in [1.29, 1.82) is 0 Å². The third-order valence-corrected chi connectivity index (χ3v) is 8.56. The molecule has 0 amide bonds. The van der Waals surface area contributed by atoms with Crippen LogP contribution in [0.3, 0.4) is 0 Å². The van der Waals surface area contributed by atoms with E-state index in [-0.39, 0.29) is 16.9 Å². The predicted molar refractivity (Wildman–Crippen MR) is 160 cm³/mol. The number of rotatable bonds is 6. The van der Waals surface area contributed by atoms with Crippen molar-refractivity contribution in [3.8, 4) is 0 Å².